The van der Waals surface area contributed by atoms with E-state index in [0.29, 0.717) is 0 Å². The van der Waals surface area contributed by atoms with Crippen LogP contribution in [0.1, 0.15) is 23.8 Å². The maximum Gasteiger partial charge on any atom is 0.159 e. The van der Waals surface area contributed by atoms with Crippen LogP contribution in [0.3, 0.4) is 0 Å². The standard InChI is InChI=1S/C8H11BrN2OS/c9-8-11-4-6(13-8)7(12)5-2-1-3-10-5/h4-5,7,10,12H,1-3H2/t5-,7?/m0/s1. The Kier molecular flexibility index (Phi) is 2.98. The quantitative estimate of drug-likeness (QED) is 0.853. The van der Waals surface area contributed by atoms with Gasteiger partial charge in [0.25, 0.3) is 0 Å². The average molecular weight is 263 g/mol. The molecule has 1 fully saturated rings. The van der Waals surface area contributed by atoms with Crippen molar-refractivity contribution in [3.63, 3.8) is 0 Å². The molecule has 72 valence electrons. The Morgan fingerprint density at radius 1 is 1.77 bits per heavy atom. The van der Waals surface area contributed by atoms with Gasteiger partial charge in [0.15, 0.2) is 3.92 Å². The minimum absolute atomic E-state index is 0.215. The van der Waals surface area contributed by atoms with E-state index in [1.54, 1.807) is 6.20 Å². The van der Waals surface area contributed by atoms with E-state index in [1.165, 1.54) is 11.3 Å². The lowest BCUT2D eigenvalue weighted by atomic mass is 10.1. The summed E-state index contributed by atoms with van der Waals surface area (Å²) >= 11 is 4.78. The average Bonchev–Trinajstić information content (AvgIpc) is 2.72. The molecule has 0 saturated carbocycles. The smallest absolute Gasteiger partial charge is 0.159 e. The summed E-state index contributed by atoms with van der Waals surface area (Å²) in [5.41, 5.74) is 0. The summed E-state index contributed by atoms with van der Waals surface area (Å²) in [5.74, 6) is 0. The third-order valence-corrected chi connectivity index (χ3v) is 3.81. The lowest BCUT2D eigenvalue weighted by Crippen LogP contribution is -2.28. The Balaban J connectivity index is 2.07. The molecule has 2 atom stereocenters. The first-order valence-corrected chi connectivity index (χ1v) is 5.91. The summed E-state index contributed by atoms with van der Waals surface area (Å²) in [6.45, 7) is 1.02. The molecule has 0 aromatic carbocycles. The van der Waals surface area contributed by atoms with Crippen LogP contribution in [-0.4, -0.2) is 22.7 Å². The summed E-state index contributed by atoms with van der Waals surface area (Å²) in [7, 11) is 0. The summed E-state index contributed by atoms with van der Waals surface area (Å²) in [6, 6.07) is 0.215. The summed E-state index contributed by atoms with van der Waals surface area (Å²) < 4.78 is 0.833. The second-order valence-corrected chi connectivity index (χ2v) is 5.50. The fourth-order valence-electron chi connectivity index (χ4n) is 1.58. The molecule has 1 aromatic rings. The molecule has 0 aliphatic carbocycles. The van der Waals surface area contributed by atoms with Crippen molar-refractivity contribution in [1.82, 2.24) is 10.3 Å². The molecule has 13 heavy (non-hydrogen) atoms. The van der Waals surface area contributed by atoms with Gasteiger partial charge in [0.05, 0.1) is 4.88 Å². The van der Waals surface area contributed by atoms with Gasteiger partial charge in [-0.25, -0.2) is 4.98 Å². The molecule has 3 nitrogen and oxygen atoms in total. The highest BCUT2D eigenvalue weighted by Gasteiger charge is 2.25. The molecule has 1 aliphatic heterocycles. The van der Waals surface area contributed by atoms with Gasteiger partial charge < -0.3 is 10.4 Å². The summed E-state index contributed by atoms with van der Waals surface area (Å²) in [4.78, 5) is 4.99. The fourth-order valence-corrected chi connectivity index (χ4v) is 2.93. The topological polar surface area (TPSA) is 45.2 Å². The first-order valence-electron chi connectivity index (χ1n) is 4.30. The predicted octanol–water partition coefficient (Wildman–Crippen LogP) is 1.69. The molecule has 2 N–H and O–H groups in total. The number of hydrogen-bond donors (Lipinski definition) is 2. The van der Waals surface area contributed by atoms with Gasteiger partial charge in [0.1, 0.15) is 6.10 Å². The first kappa shape index (κ1) is 9.58. The van der Waals surface area contributed by atoms with Crippen molar-refractivity contribution in [3.8, 4) is 0 Å². The zero-order valence-electron chi connectivity index (χ0n) is 7.03. The van der Waals surface area contributed by atoms with E-state index < -0.39 is 6.10 Å². The second-order valence-electron chi connectivity index (χ2n) is 3.16. The predicted molar refractivity (Wildman–Crippen MR) is 55.8 cm³/mol. The van der Waals surface area contributed by atoms with Gasteiger partial charge in [-0.2, -0.15) is 0 Å². The number of thiazole rings is 1. The van der Waals surface area contributed by atoms with Crippen molar-refractivity contribution in [3.05, 3.63) is 15.0 Å². The van der Waals surface area contributed by atoms with Crippen LogP contribution in [0.25, 0.3) is 0 Å². The van der Waals surface area contributed by atoms with Gasteiger partial charge in [-0.05, 0) is 35.3 Å². The SMILES string of the molecule is OC(c1cnc(Br)s1)[C@@H]1CCCN1. The van der Waals surface area contributed by atoms with E-state index in [2.05, 4.69) is 26.2 Å². The minimum atomic E-state index is -0.397. The van der Waals surface area contributed by atoms with Crippen molar-refractivity contribution < 1.29 is 5.11 Å². The zero-order valence-corrected chi connectivity index (χ0v) is 9.44. The fraction of sp³-hybridized carbons (Fsp3) is 0.625. The molecular weight excluding hydrogens is 252 g/mol. The van der Waals surface area contributed by atoms with Gasteiger partial charge in [-0.1, -0.05) is 0 Å². The Morgan fingerprint density at radius 2 is 2.62 bits per heavy atom. The number of aliphatic hydroxyl groups excluding tert-OH is 1. The Morgan fingerprint density at radius 3 is 3.15 bits per heavy atom. The van der Waals surface area contributed by atoms with Crippen LogP contribution in [0.4, 0.5) is 0 Å². The first-order chi connectivity index (χ1) is 6.27. The minimum Gasteiger partial charge on any atom is -0.386 e. The van der Waals surface area contributed by atoms with Crippen molar-refractivity contribution in [2.75, 3.05) is 6.54 Å². The van der Waals surface area contributed by atoms with Gasteiger partial charge in [-0.15, -0.1) is 11.3 Å². The number of rotatable bonds is 2. The van der Waals surface area contributed by atoms with Crippen LogP contribution in [0, 0.1) is 0 Å². The lowest BCUT2D eigenvalue weighted by molar-refractivity contribution is 0.141. The van der Waals surface area contributed by atoms with Crippen LogP contribution >= 0.6 is 27.3 Å². The number of halogens is 1. The third-order valence-electron chi connectivity index (χ3n) is 2.27. The zero-order chi connectivity index (χ0) is 9.26. The second kappa shape index (κ2) is 4.04. The molecule has 0 spiro atoms. The number of nitrogens with zero attached hydrogens (tertiary/aromatic N) is 1. The van der Waals surface area contributed by atoms with E-state index >= 15 is 0 Å². The number of hydrogen-bond acceptors (Lipinski definition) is 4. The van der Waals surface area contributed by atoms with E-state index in [-0.39, 0.29) is 6.04 Å². The Hall–Kier alpha value is 0.0300. The van der Waals surface area contributed by atoms with Crippen LogP contribution in [0.5, 0.6) is 0 Å². The van der Waals surface area contributed by atoms with Crippen molar-refractivity contribution in [2.24, 2.45) is 0 Å². The van der Waals surface area contributed by atoms with E-state index in [1.807, 2.05) is 0 Å². The Bertz CT molecular complexity index is 285. The normalized spacial score (nSPS) is 24.9. The van der Waals surface area contributed by atoms with Crippen LogP contribution in [0.2, 0.25) is 0 Å². The van der Waals surface area contributed by atoms with Crippen LogP contribution in [0.15, 0.2) is 10.1 Å². The molecule has 0 amide bonds. The van der Waals surface area contributed by atoms with Crippen LogP contribution in [-0.2, 0) is 0 Å². The monoisotopic (exact) mass is 262 g/mol. The summed E-state index contributed by atoms with van der Waals surface area (Å²) in [6.07, 6.45) is 3.55. The van der Waals surface area contributed by atoms with E-state index in [0.717, 1.165) is 28.2 Å². The molecule has 1 saturated heterocycles. The third kappa shape index (κ3) is 2.10. The molecule has 1 unspecified atom stereocenters. The highest BCUT2D eigenvalue weighted by molar-refractivity contribution is 9.11. The van der Waals surface area contributed by atoms with Crippen LogP contribution < -0.4 is 5.32 Å². The molecular formula is C8H11BrN2OS. The molecule has 1 aromatic heterocycles. The molecule has 2 rings (SSSR count). The molecule has 2 heterocycles. The van der Waals surface area contributed by atoms with E-state index in [9.17, 15) is 5.11 Å². The Labute approximate surface area is 89.3 Å². The molecule has 0 bridgehead atoms. The highest BCUT2D eigenvalue weighted by atomic mass is 79.9. The maximum absolute atomic E-state index is 9.92. The largest absolute Gasteiger partial charge is 0.386 e. The highest BCUT2D eigenvalue weighted by Crippen LogP contribution is 2.29. The number of aliphatic hydroxyl groups is 1. The van der Waals surface area contributed by atoms with E-state index in [4.69, 9.17) is 0 Å². The van der Waals surface area contributed by atoms with Gasteiger partial charge in [0, 0.05) is 12.2 Å². The molecule has 5 heteroatoms. The van der Waals surface area contributed by atoms with Crippen molar-refractivity contribution >= 4 is 27.3 Å². The van der Waals surface area contributed by atoms with Gasteiger partial charge in [0.2, 0.25) is 0 Å². The van der Waals surface area contributed by atoms with Crippen molar-refractivity contribution in [2.45, 2.75) is 25.0 Å². The van der Waals surface area contributed by atoms with Gasteiger partial charge >= 0.3 is 0 Å². The number of aromatic nitrogens is 1. The lowest BCUT2D eigenvalue weighted by Gasteiger charge is -2.15. The molecule has 0 radical (unpaired) electrons. The summed E-state index contributed by atoms with van der Waals surface area (Å²) in [5, 5.41) is 13.2. The maximum atomic E-state index is 9.92. The van der Waals surface area contributed by atoms with Crippen molar-refractivity contribution in [1.29, 1.82) is 0 Å². The van der Waals surface area contributed by atoms with Gasteiger partial charge in [-0.3, -0.25) is 0 Å². The number of nitrogens with one attached hydrogen (secondary N) is 1. The molecule has 1 aliphatic rings.